The zero-order valence-electron chi connectivity index (χ0n) is 11.7. The Morgan fingerprint density at radius 2 is 1.95 bits per heavy atom. The molecular formula is C16H17F3N2. The Hall–Kier alpha value is -2.43. The molecule has 21 heavy (non-hydrogen) atoms. The molecule has 0 aliphatic heterocycles. The Kier molecular flexibility index (Phi) is 5.84. The first-order valence-electron chi connectivity index (χ1n) is 6.17. The SMILES string of the molecule is C=C(N)C(=C)/C=C\C(F)=C(\F)CNc1ccc(C)cc1F. The highest BCUT2D eigenvalue weighted by Gasteiger charge is 2.06. The van der Waals surface area contributed by atoms with Gasteiger partial charge in [-0.15, -0.1) is 0 Å². The van der Waals surface area contributed by atoms with E-state index < -0.39 is 24.0 Å². The van der Waals surface area contributed by atoms with Gasteiger partial charge in [-0.2, -0.15) is 0 Å². The molecule has 3 N–H and O–H groups in total. The van der Waals surface area contributed by atoms with Crippen LogP contribution in [0.2, 0.25) is 0 Å². The van der Waals surface area contributed by atoms with E-state index in [0.717, 1.165) is 11.6 Å². The molecule has 0 spiro atoms. The highest BCUT2D eigenvalue weighted by atomic mass is 19.2. The van der Waals surface area contributed by atoms with Crippen molar-refractivity contribution in [2.45, 2.75) is 6.92 Å². The molecule has 0 saturated heterocycles. The summed E-state index contributed by atoms with van der Waals surface area (Å²) in [6.07, 6.45) is 2.10. The van der Waals surface area contributed by atoms with Gasteiger partial charge in [-0.05, 0) is 36.3 Å². The molecule has 0 amide bonds. The van der Waals surface area contributed by atoms with Crippen molar-refractivity contribution in [3.63, 3.8) is 0 Å². The second-order valence-electron chi connectivity index (χ2n) is 4.47. The van der Waals surface area contributed by atoms with Crippen molar-refractivity contribution in [3.05, 3.63) is 77.8 Å². The van der Waals surface area contributed by atoms with Crippen LogP contribution in [0.5, 0.6) is 0 Å². The number of allylic oxidation sites excluding steroid dienone is 3. The Labute approximate surface area is 122 Å². The maximum Gasteiger partial charge on any atom is 0.156 e. The first-order chi connectivity index (χ1) is 9.81. The molecule has 1 aromatic rings. The zero-order valence-corrected chi connectivity index (χ0v) is 11.7. The molecule has 0 bridgehead atoms. The fourth-order valence-electron chi connectivity index (χ4n) is 1.39. The molecule has 0 aliphatic rings. The minimum atomic E-state index is -1.09. The average Bonchev–Trinajstić information content (AvgIpc) is 2.42. The van der Waals surface area contributed by atoms with E-state index in [1.54, 1.807) is 13.0 Å². The monoisotopic (exact) mass is 294 g/mol. The van der Waals surface area contributed by atoms with Crippen molar-refractivity contribution in [2.75, 3.05) is 11.9 Å². The van der Waals surface area contributed by atoms with Gasteiger partial charge in [-0.3, -0.25) is 0 Å². The van der Waals surface area contributed by atoms with Crippen LogP contribution in [0.1, 0.15) is 5.56 Å². The number of rotatable bonds is 6. The first kappa shape index (κ1) is 16.6. The van der Waals surface area contributed by atoms with Crippen LogP contribution in [-0.2, 0) is 0 Å². The number of hydrogen-bond acceptors (Lipinski definition) is 2. The predicted molar refractivity (Wildman–Crippen MR) is 80.5 cm³/mol. The molecule has 1 rings (SSSR count). The number of hydrogen-bond donors (Lipinski definition) is 2. The summed E-state index contributed by atoms with van der Waals surface area (Å²) in [6, 6.07) is 4.43. The molecule has 0 aromatic heterocycles. The standard InChI is InChI=1S/C16H17F3N2/c1-10-4-7-16(14(18)8-10)21-9-15(19)13(17)6-5-11(2)12(3)20/h4-8,21H,2-3,9,20H2,1H3/b6-5-,15-13-. The van der Waals surface area contributed by atoms with Crippen LogP contribution in [0.15, 0.2) is 66.4 Å². The van der Waals surface area contributed by atoms with E-state index >= 15 is 0 Å². The molecule has 1 aromatic carbocycles. The van der Waals surface area contributed by atoms with Gasteiger partial charge in [0.15, 0.2) is 11.7 Å². The Balaban J connectivity index is 2.71. The lowest BCUT2D eigenvalue weighted by Crippen LogP contribution is -2.05. The van der Waals surface area contributed by atoms with Gasteiger partial charge in [0, 0.05) is 5.70 Å². The molecule has 0 radical (unpaired) electrons. The molecule has 0 saturated carbocycles. The van der Waals surface area contributed by atoms with E-state index in [2.05, 4.69) is 18.5 Å². The third-order valence-corrected chi connectivity index (χ3v) is 2.66. The van der Waals surface area contributed by atoms with Gasteiger partial charge >= 0.3 is 0 Å². The van der Waals surface area contributed by atoms with Gasteiger partial charge in [0.2, 0.25) is 0 Å². The Morgan fingerprint density at radius 1 is 1.29 bits per heavy atom. The molecule has 2 nitrogen and oxygen atoms in total. The lowest BCUT2D eigenvalue weighted by Gasteiger charge is -2.07. The summed E-state index contributed by atoms with van der Waals surface area (Å²) in [5.41, 5.74) is 6.63. The van der Waals surface area contributed by atoms with Gasteiger partial charge in [-0.1, -0.05) is 25.3 Å². The first-order valence-corrected chi connectivity index (χ1v) is 6.17. The summed E-state index contributed by atoms with van der Waals surface area (Å²) in [5, 5.41) is 2.48. The summed E-state index contributed by atoms with van der Waals surface area (Å²) >= 11 is 0. The van der Waals surface area contributed by atoms with Crippen LogP contribution in [-0.4, -0.2) is 6.54 Å². The van der Waals surface area contributed by atoms with Crippen molar-refractivity contribution >= 4 is 5.69 Å². The zero-order chi connectivity index (χ0) is 16.0. The minimum Gasteiger partial charge on any atom is -0.399 e. The van der Waals surface area contributed by atoms with Crippen LogP contribution in [0.4, 0.5) is 18.9 Å². The number of anilines is 1. The van der Waals surface area contributed by atoms with Gasteiger partial charge in [0.25, 0.3) is 0 Å². The second kappa shape index (κ2) is 7.38. The normalized spacial score (nSPS) is 12.2. The van der Waals surface area contributed by atoms with E-state index in [-0.39, 0.29) is 17.0 Å². The van der Waals surface area contributed by atoms with Crippen molar-refractivity contribution in [1.82, 2.24) is 0 Å². The fourth-order valence-corrected chi connectivity index (χ4v) is 1.39. The molecule has 0 atom stereocenters. The third kappa shape index (κ3) is 5.22. The quantitative estimate of drug-likeness (QED) is 0.768. The van der Waals surface area contributed by atoms with Gasteiger partial charge in [-0.25, -0.2) is 13.2 Å². The van der Waals surface area contributed by atoms with Crippen LogP contribution in [0, 0.1) is 12.7 Å². The highest BCUT2D eigenvalue weighted by Crippen LogP contribution is 2.17. The van der Waals surface area contributed by atoms with Gasteiger partial charge in [0.05, 0.1) is 12.2 Å². The largest absolute Gasteiger partial charge is 0.399 e. The van der Waals surface area contributed by atoms with Crippen molar-refractivity contribution in [3.8, 4) is 0 Å². The summed E-state index contributed by atoms with van der Waals surface area (Å²) in [7, 11) is 0. The van der Waals surface area contributed by atoms with Crippen LogP contribution in [0.3, 0.4) is 0 Å². The molecule has 0 heterocycles. The molecule has 0 fully saturated rings. The molecular weight excluding hydrogens is 277 g/mol. The summed E-state index contributed by atoms with van der Waals surface area (Å²) in [6.45, 7) is 8.19. The average molecular weight is 294 g/mol. The van der Waals surface area contributed by atoms with Gasteiger partial charge in [0.1, 0.15) is 5.82 Å². The highest BCUT2D eigenvalue weighted by molar-refractivity contribution is 5.47. The molecule has 0 aliphatic carbocycles. The summed E-state index contributed by atoms with van der Waals surface area (Å²) in [4.78, 5) is 0. The van der Waals surface area contributed by atoms with Gasteiger partial charge < -0.3 is 11.1 Å². The third-order valence-electron chi connectivity index (χ3n) is 2.66. The van der Waals surface area contributed by atoms with E-state index in [0.29, 0.717) is 0 Å². The Morgan fingerprint density at radius 3 is 2.52 bits per heavy atom. The lowest BCUT2D eigenvalue weighted by molar-refractivity contribution is 0.546. The number of aryl methyl sites for hydroxylation is 1. The van der Waals surface area contributed by atoms with Crippen LogP contribution in [0.25, 0.3) is 0 Å². The van der Waals surface area contributed by atoms with Crippen molar-refractivity contribution in [2.24, 2.45) is 5.73 Å². The number of nitrogens with one attached hydrogen (secondary N) is 1. The van der Waals surface area contributed by atoms with Crippen LogP contribution >= 0.6 is 0 Å². The summed E-state index contributed by atoms with van der Waals surface area (Å²) < 4.78 is 40.5. The smallest absolute Gasteiger partial charge is 0.156 e. The van der Waals surface area contributed by atoms with E-state index in [9.17, 15) is 13.2 Å². The molecule has 5 heteroatoms. The maximum absolute atomic E-state index is 13.5. The van der Waals surface area contributed by atoms with E-state index in [1.165, 1.54) is 18.2 Å². The Bertz CT molecular complexity index is 616. The predicted octanol–water partition coefficient (Wildman–Crippen LogP) is 4.28. The topological polar surface area (TPSA) is 38.0 Å². The number of benzene rings is 1. The lowest BCUT2D eigenvalue weighted by atomic mass is 10.2. The molecule has 112 valence electrons. The van der Waals surface area contributed by atoms with E-state index in [1.807, 2.05) is 0 Å². The van der Waals surface area contributed by atoms with Crippen LogP contribution < -0.4 is 11.1 Å². The van der Waals surface area contributed by atoms with Crippen molar-refractivity contribution < 1.29 is 13.2 Å². The molecule has 0 unspecified atom stereocenters. The maximum atomic E-state index is 13.5. The minimum absolute atomic E-state index is 0.104. The number of halogens is 3. The fraction of sp³-hybridized carbons (Fsp3) is 0.125. The second-order valence-corrected chi connectivity index (χ2v) is 4.47. The van der Waals surface area contributed by atoms with E-state index in [4.69, 9.17) is 5.73 Å². The van der Waals surface area contributed by atoms with Crippen molar-refractivity contribution in [1.29, 1.82) is 0 Å². The number of nitrogens with two attached hydrogens (primary N) is 1. The summed E-state index contributed by atoms with van der Waals surface area (Å²) in [5.74, 6) is -2.66.